The number of unbranched alkanes of at least 4 members (excludes halogenated alkanes) is 5. The molecular weight excluding hydrogens is 218 g/mol. The molecule has 0 aliphatic carbocycles. The lowest BCUT2D eigenvalue weighted by molar-refractivity contribution is -0.128. The first-order chi connectivity index (χ1) is 8.11. The molecule has 0 saturated heterocycles. The number of aliphatic hydroxyl groups excluding tert-OH is 1. The van der Waals surface area contributed by atoms with Crippen molar-refractivity contribution < 1.29 is 14.7 Å². The van der Waals surface area contributed by atoms with Gasteiger partial charge in [-0.25, -0.2) is 0 Å². The Labute approximate surface area is 104 Å². The minimum absolute atomic E-state index is 0.0607. The van der Waals surface area contributed by atoms with Crippen molar-refractivity contribution in [3.05, 3.63) is 0 Å². The third-order valence-electron chi connectivity index (χ3n) is 2.79. The minimum atomic E-state index is -0.900. The van der Waals surface area contributed by atoms with E-state index in [0.717, 1.165) is 19.3 Å². The van der Waals surface area contributed by atoms with Crippen LogP contribution in [0.2, 0.25) is 0 Å². The van der Waals surface area contributed by atoms with Gasteiger partial charge < -0.3 is 10.8 Å². The van der Waals surface area contributed by atoms with Crippen LogP contribution in [0.1, 0.15) is 58.3 Å². The van der Waals surface area contributed by atoms with Crippen LogP contribution in [0.4, 0.5) is 0 Å². The highest BCUT2D eigenvalue weighted by Crippen LogP contribution is 2.08. The molecule has 3 N–H and O–H groups in total. The van der Waals surface area contributed by atoms with Crippen LogP contribution in [-0.2, 0) is 9.59 Å². The summed E-state index contributed by atoms with van der Waals surface area (Å²) in [7, 11) is 0. The first-order valence-electron chi connectivity index (χ1n) is 6.52. The number of hydrogen-bond donors (Lipinski definition) is 2. The second kappa shape index (κ2) is 10.4. The van der Waals surface area contributed by atoms with Gasteiger partial charge in [0.05, 0.1) is 19.1 Å². The molecule has 1 atom stereocenters. The zero-order valence-electron chi connectivity index (χ0n) is 10.8. The number of carbonyl (C=O) groups is 2. The lowest BCUT2D eigenvalue weighted by atomic mass is 10.0. The molecule has 0 fully saturated rings. The Balaban J connectivity index is 3.50. The van der Waals surface area contributed by atoms with Crippen molar-refractivity contribution in [2.75, 3.05) is 6.61 Å². The zero-order valence-corrected chi connectivity index (χ0v) is 10.8. The van der Waals surface area contributed by atoms with Gasteiger partial charge in [-0.1, -0.05) is 39.0 Å². The van der Waals surface area contributed by atoms with Crippen molar-refractivity contribution in [1.82, 2.24) is 0 Å². The van der Waals surface area contributed by atoms with E-state index in [1.54, 1.807) is 0 Å². The van der Waals surface area contributed by atoms with E-state index in [-0.39, 0.29) is 24.6 Å². The van der Waals surface area contributed by atoms with Gasteiger partial charge in [-0.05, 0) is 6.42 Å². The monoisotopic (exact) mass is 243 g/mol. The molecule has 0 amide bonds. The van der Waals surface area contributed by atoms with Gasteiger partial charge in [-0.2, -0.15) is 0 Å². The fourth-order valence-corrected chi connectivity index (χ4v) is 1.62. The van der Waals surface area contributed by atoms with E-state index in [9.17, 15) is 9.59 Å². The predicted molar refractivity (Wildman–Crippen MR) is 67.7 cm³/mol. The maximum atomic E-state index is 11.4. The highest BCUT2D eigenvalue weighted by molar-refractivity contribution is 6.01. The third kappa shape index (κ3) is 9.01. The van der Waals surface area contributed by atoms with Gasteiger partial charge in [0.15, 0.2) is 5.78 Å². The Morgan fingerprint density at radius 2 is 1.71 bits per heavy atom. The molecule has 4 heteroatoms. The highest BCUT2D eigenvalue weighted by Gasteiger charge is 2.15. The van der Waals surface area contributed by atoms with Gasteiger partial charge in [0.1, 0.15) is 5.78 Å². The van der Waals surface area contributed by atoms with Crippen molar-refractivity contribution in [2.24, 2.45) is 5.73 Å². The molecule has 0 spiro atoms. The van der Waals surface area contributed by atoms with E-state index in [4.69, 9.17) is 10.8 Å². The number of carbonyl (C=O) groups excluding carboxylic acids is 2. The summed E-state index contributed by atoms with van der Waals surface area (Å²) in [4.78, 5) is 22.7. The van der Waals surface area contributed by atoms with E-state index in [1.165, 1.54) is 19.3 Å². The topological polar surface area (TPSA) is 80.4 Å². The second-order valence-corrected chi connectivity index (χ2v) is 4.49. The van der Waals surface area contributed by atoms with Crippen LogP contribution in [0.3, 0.4) is 0 Å². The molecule has 0 rings (SSSR count). The number of nitrogens with two attached hydrogens (primary N) is 1. The number of hydrogen-bond acceptors (Lipinski definition) is 4. The lowest BCUT2D eigenvalue weighted by Crippen LogP contribution is -2.35. The van der Waals surface area contributed by atoms with Crippen LogP contribution in [-0.4, -0.2) is 29.3 Å². The summed E-state index contributed by atoms with van der Waals surface area (Å²) in [5.74, 6) is -0.419. The summed E-state index contributed by atoms with van der Waals surface area (Å²) in [5.41, 5.74) is 5.32. The maximum absolute atomic E-state index is 11.4. The molecule has 0 aliphatic heterocycles. The lowest BCUT2D eigenvalue weighted by Gasteiger charge is -2.06. The predicted octanol–water partition coefficient (Wildman–Crippen LogP) is 1.58. The van der Waals surface area contributed by atoms with Crippen molar-refractivity contribution in [3.63, 3.8) is 0 Å². The van der Waals surface area contributed by atoms with Crippen LogP contribution in [0.15, 0.2) is 0 Å². The molecule has 0 aliphatic rings. The molecule has 0 bridgehead atoms. The molecule has 0 aromatic rings. The molecule has 0 saturated carbocycles. The Kier molecular flexibility index (Phi) is 9.96. The van der Waals surface area contributed by atoms with E-state index >= 15 is 0 Å². The second-order valence-electron chi connectivity index (χ2n) is 4.49. The molecule has 100 valence electrons. The molecule has 4 nitrogen and oxygen atoms in total. The van der Waals surface area contributed by atoms with Crippen LogP contribution < -0.4 is 5.73 Å². The van der Waals surface area contributed by atoms with Crippen molar-refractivity contribution in [3.8, 4) is 0 Å². The summed E-state index contributed by atoms with van der Waals surface area (Å²) in [5, 5.41) is 8.66. The van der Waals surface area contributed by atoms with Crippen molar-refractivity contribution in [2.45, 2.75) is 64.3 Å². The summed E-state index contributed by atoms with van der Waals surface area (Å²) < 4.78 is 0. The molecule has 0 aromatic heterocycles. The fraction of sp³-hybridized carbons (Fsp3) is 0.846. The number of rotatable bonds is 11. The van der Waals surface area contributed by atoms with Crippen LogP contribution in [0, 0.1) is 0 Å². The van der Waals surface area contributed by atoms with E-state index in [0.29, 0.717) is 6.42 Å². The van der Waals surface area contributed by atoms with Gasteiger partial charge >= 0.3 is 0 Å². The SMILES string of the molecule is CCCCCCCCC(=O)CC(=O)[C@@H](N)CO. The minimum Gasteiger partial charge on any atom is -0.394 e. The summed E-state index contributed by atoms with van der Waals surface area (Å²) in [6.07, 6.45) is 7.07. The molecular formula is C13H25NO3. The Hall–Kier alpha value is -0.740. The standard InChI is InChI=1S/C13H25NO3/c1-2-3-4-5-6-7-8-11(16)9-13(17)12(14)10-15/h12,15H,2-10,14H2,1H3/t12-/m0/s1. The normalized spacial score (nSPS) is 12.4. The van der Waals surface area contributed by atoms with Gasteiger partial charge in [0.2, 0.25) is 0 Å². The maximum Gasteiger partial charge on any atom is 0.159 e. The smallest absolute Gasteiger partial charge is 0.159 e. The molecule has 0 aromatic carbocycles. The van der Waals surface area contributed by atoms with E-state index < -0.39 is 6.04 Å². The van der Waals surface area contributed by atoms with Gasteiger partial charge in [0, 0.05) is 6.42 Å². The fourth-order valence-electron chi connectivity index (χ4n) is 1.62. The average Bonchev–Trinajstić information content (AvgIpc) is 2.32. The number of ketones is 2. The van der Waals surface area contributed by atoms with Crippen LogP contribution >= 0.6 is 0 Å². The highest BCUT2D eigenvalue weighted by atomic mass is 16.3. The largest absolute Gasteiger partial charge is 0.394 e. The number of Topliss-reactive ketones (excluding diaryl/α,β-unsaturated/α-hetero) is 2. The average molecular weight is 243 g/mol. The van der Waals surface area contributed by atoms with Crippen molar-refractivity contribution in [1.29, 1.82) is 0 Å². The summed E-state index contributed by atoms with van der Waals surface area (Å²) in [6, 6.07) is -0.900. The first-order valence-corrected chi connectivity index (χ1v) is 6.52. The van der Waals surface area contributed by atoms with Crippen LogP contribution in [0.25, 0.3) is 0 Å². The Bertz CT molecular complexity index is 229. The van der Waals surface area contributed by atoms with E-state index in [1.807, 2.05) is 0 Å². The molecule has 0 radical (unpaired) electrons. The Morgan fingerprint density at radius 3 is 2.29 bits per heavy atom. The van der Waals surface area contributed by atoms with Gasteiger partial charge in [-0.15, -0.1) is 0 Å². The molecule has 0 heterocycles. The quantitative estimate of drug-likeness (QED) is 0.426. The summed E-state index contributed by atoms with van der Waals surface area (Å²) in [6.45, 7) is 1.78. The third-order valence-corrected chi connectivity index (χ3v) is 2.79. The molecule has 17 heavy (non-hydrogen) atoms. The summed E-state index contributed by atoms with van der Waals surface area (Å²) >= 11 is 0. The van der Waals surface area contributed by atoms with E-state index in [2.05, 4.69) is 6.92 Å². The molecule has 0 unspecified atom stereocenters. The van der Waals surface area contributed by atoms with Gasteiger partial charge in [-0.3, -0.25) is 9.59 Å². The zero-order chi connectivity index (χ0) is 13.1. The van der Waals surface area contributed by atoms with Crippen molar-refractivity contribution >= 4 is 11.6 Å². The van der Waals surface area contributed by atoms with Crippen LogP contribution in [0.5, 0.6) is 0 Å². The van der Waals surface area contributed by atoms with Gasteiger partial charge in [0.25, 0.3) is 0 Å². The Morgan fingerprint density at radius 1 is 1.12 bits per heavy atom. The first kappa shape index (κ1) is 16.3. The number of aliphatic hydroxyl groups is 1.